The van der Waals surface area contributed by atoms with Crippen molar-refractivity contribution in [2.24, 2.45) is 10.8 Å². The number of benzene rings is 4. The summed E-state index contributed by atoms with van der Waals surface area (Å²) in [5, 5.41) is 8.55. The van der Waals surface area contributed by atoms with Gasteiger partial charge in [0.25, 0.3) is 11.1 Å². The van der Waals surface area contributed by atoms with Crippen LogP contribution in [0.2, 0.25) is 0 Å². The van der Waals surface area contributed by atoms with E-state index in [-0.39, 0.29) is 75.4 Å². The van der Waals surface area contributed by atoms with E-state index in [1.54, 1.807) is 84.4 Å². The smallest absolute Gasteiger partial charge is 0.308 e. The molecule has 18 nitrogen and oxygen atoms in total. The molecule has 4 aromatic heterocycles. The number of hydrogen-bond acceptors (Lipinski definition) is 16. The molecule has 3 fully saturated rings. The fourth-order valence-corrected chi connectivity index (χ4v) is 14.0. The number of unbranched alkanes of at least 4 members (excludes halogenated alkanes) is 2. The van der Waals surface area contributed by atoms with Gasteiger partial charge in [0.15, 0.2) is 13.5 Å². The van der Waals surface area contributed by atoms with Gasteiger partial charge in [0.2, 0.25) is 11.8 Å². The fraction of sp³-hybridized carbons (Fsp3) is 0.441. The number of piperazine rings is 3. The number of carbonyl (C=O) groups excluding carboxylic acids is 4. The SMILES string of the molecule is CC(C)(CC(=O)OCn1c(=O)ccc2ccc(OCCCCN3CCN(c4cccc5sccc45)CC3)cc21)C(=O)N1CCN(C(=O)C(C)(C)CC(=O)OCn2c(=O)ccc3ccc(OCCCCN4CCN(c5cccc6sccc56)CC4)cc32)CC1. The molecule has 11 rings (SSSR count). The zero-order valence-electron chi connectivity index (χ0n) is 51.0. The Morgan fingerprint density at radius 3 is 1.27 bits per heavy atom. The Morgan fingerprint density at radius 2 is 0.864 bits per heavy atom. The first-order valence-electron chi connectivity index (χ1n) is 30.9. The van der Waals surface area contributed by atoms with Gasteiger partial charge >= 0.3 is 11.9 Å². The molecule has 0 spiro atoms. The molecule has 0 N–H and O–H groups in total. The van der Waals surface area contributed by atoms with Crippen molar-refractivity contribution in [3.8, 4) is 11.5 Å². The fourth-order valence-electron chi connectivity index (χ4n) is 12.4. The second-order valence-electron chi connectivity index (χ2n) is 24.6. The van der Waals surface area contributed by atoms with Crippen molar-refractivity contribution >= 4 is 99.8 Å². The molecule has 464 valence electrons. The number of aromatic nitrogens is 2. The van der Waals surface area contributed by atoms with Crippen LogP contribution in [0.3, 0.4) is 0 Å². The van der Waals surface area contributed by atoms with Crippen molar-refractivity contribution in [2.75, 3.05) is 115 Å². The maximum absolute atomic E-state index is 14.0. The Labute approximate surface area is 521 Å². The van der Waals surface area contributed by atoms with Crippen LogP contribution in [0.4, 0.5) is 11.4 Å². The van der Waals surface area contributed by atoms with E-state index in [0.29, 0.717) is 35.7 Å². The lowest BCUT2D eigenvalue weighted by Gasteiger charge is -2.40. The Balaban J connectivity index is 0.584. The highest BCUT2D eigenvalue weighted by atomic mass is 32.1. The molecule has 0 atom stereocenters. The summed E-state index contributed by atoms with van der Waals surface area (Å²) in [6.07, 6.45) is 3.28. The summed E-state index contributed by atoms with van der Waals surface area (Å²) in [5.41, 5.74) is 0.792. The van der Waals surface area contributed by atoms with E-state index in [2.05, 4.69) is 78.9 Å². The Morgan fingerprint density at radius 1 is 0.466 bits per heavy atom. The van der Waals surface area contributed by atoms with Crippen LogP contribution in [0.1, 0.15) is 66.2 Å². The zero-order valence-corrected chi connectivity index (χ0v) is 52.6. The molecule has 20 heteroatoms. The third kappa shape index (κ3) is 14.7. The second kappa shape index (κ2) is 27.7. The molecular weight excluding hydrogens is 1150 g/mol. The predicted molar refractivity (Wildman–Crippen MR) is 349 cm³/mol. The molecule has 4 aromatic carbocycles. The van der Waals surface area contributed by atoms with Crippen LogP contribution in [0.5, 0.6) is 11.5 Å². The van der Waals surface area contributed by atoms with Crippen LogP contribution >= 0.6 is 22.7 Å². The summed E-state index contributed by atoms with van der Waals surface area (Å²) < 4.78 is 29.1. The van der Waals surface area contributed by atoms with Crippen LogP contribution in [0.15, 0.2) is 130 Å². The van der Waals surface area contributed by atoms with Crippen LogP contribution in [-0.2, 0) is 42.1 Å². The zero-order chi connectivity index (χ0) is 61.4. The van der Waals surface area contributed by atoms with Crippen LogP contribution in [0.25, 0.3) is 42.0 Å². The maximum Gasteiger partial charge on any atom is 0.308 e. The Kier molecular flexibility index (Phi) is 19.5. The molecule has 7 heterocycles. The number of fused-ring (bicyclic) bond motifs is 4. The topological polar surface area (TPSA) is 169 Å². The number of hydrogen-bond donors (Lipinski definition) is 0. The van der Waals surface area contributed by atoms with Gasteiger partial charge in [-0.3, -0.25) is 47.7 Å². The molecule has 88 heavy (non-hydrogen) atoms. The molecule has 2 amide bonds. The number of amides is 2. The predicted octanol–water partition coefficient (Wildman–Crippen LogP) is 9.91. The molecule has 0 saturated carbocycles. The Hall–Kier alpha value is -7.78. The first-order valence-corrected chi connectivity index (χ1v) is 32.6. The number of ether oxygens (including phenoxy) is 4. The van der Waals surface area contributed by atoms with E-state index >= 15 is 0 Å². The quantitative estimate of drug-likeness (QED) is 0.0414. The third-order valence-corrected chi connectivity index (χ3v) is 19.2. The number of carbonyl (C=O) groups is 4. The lowest BCUT2D eigenvalue weighted by Crippen LogP contribution is -2.55. The van der Waals surface area contributed by atoms with Crippen molar-refractivity contribution in [2.45, 2.75) is 79.7 Å². The van der Waals surface area contributed by atoms with E-state index < -0.39 is 22.8 Å². The number of anilines is 2. The van der Waals surface area contributed by atoms with E-state index in [1.165, 1.54) is 52.8 Å². The van der Waals surface area contributed by atoms with Gasteiger partial charge in [-0.25, -0.2) is 0 Å². The highest BCUT2D eigenvalue weighted by Gasteiger charge is 2.40. The largest absolute Gasteiger partial charge is 0.494 e. The summed E-state index contributed by atoms with van der Waals surface area (Å²) in [4.78, 5) is 94.4. The van der Waals surface area contributed by atoms with Gasteiger partial charge < -0.3 is 38.5 Å². The van der Waals surface area contributed by atoms with Crippen molar-refractivity contribution in [3.05, 3.63) is 141 Å². The van der Waals surface area contributed by atoms with Gasteiger partial charge in [0, 0.05) is 134 Å². The van der Waals surface area contributed by atoms with E-state index in [9.17, 15) is 28.8 Å². The minimum absolute atomic E-state index is 0.229. The van der Waals surface area contributed by atoms with Crippen molar-refractivity contribution in [3.63, 3.8) is 0 Å². The average molecular weight is 1230 g/mol. The van der Waals surface area contributed by atoms with E-state index in [1.807, 2.05) is 24.3 Å². The van der Waals surface area contributed by atoms with Crippen molar-refractivity contribution < 1.29 is 38.1 Å². The number of pyridine rings is 2. The molecule has 0 aliphatic carbocycles. The standard InChI is InChI=1S/C68H80N8O10S2/c1-67(2,45-63(79)85-47-75-57-43-51(19-15-49(57)17-21-61(75)77)83-39-7-5-25-69-27-31-71(32-28-69)55-11-9-13-59-53(55)23-41-87-59)65(81)73-35-37-74(38-36-73)66(82)68(3,4)46-64(80)86-48-76-58-44-52(20-16-50(58)18-22-62(76)78)84-40-8-6-26-70-29-33-72(34-30-70)56-12-10-14-60-54(56)24-42-88-60/h9-24,41-44H,5-8,25-40,45-48H2,1-4H3. The van der Waals surface area contributed by atoms with Gasteiger partial charge in [-0.1, -0.05) is 39.8 Å². The number of rotatable bonds is 24. The molecule has 0 unspecified atom stereocenters. The second-order valence-corrected chi connectivity index (χ2v) is 26.5. The van der Waals surface area contributed by atoms with Crippen molar-refractivity contribution in [1.29, 1.82) is 0 Å². The Bertz CT molecular complexity index is 3650. The van der Waals surface area contributed by atoms with Crippen LogP contribution in [0, 0.1) is 10.8 Å². The first-order chi connectivity index (χ1) is 42.6. The minimum Gasteiger partial charge on any atom is -0.494 e. The monoisotopic (exact) mass is 1230 g/mol. The van der Waals surface area contributed by atoms with Gasteiger partial charge in [-0.05, 0) is 133 Å². The molecule has 3 aliphatic heterocycles. The highest BCUT2D eigenvalue weighted by molar-refractivity contribution is 7.17. The van der Waals surface area contributed by atoms with Crippen LogP contribution in [-0.4, -0.2) is 157 Å². The third-order valence-electron chi connectivity index (χ3n) is 17.5. The van der Waals surface area contributed by atoms with Gasteiger partial charge in [0.05, 0.1) is 47.9 Å². The number of esters is 2. The highest BCUT2D eigenvalue weighted by Crippen LogP contribution is 2.34. The molecule has 3 saturated heterocycles. The molecule has 3 aliphatic rings. The molecule has 0 bridgehead atoms. The summed E-state index contributed by atoms with van der Waals surface area (Å²) in [7, 11) is 0. The first kappa shape index (κ1) is 61.9. The van der Waals surface area contributed by atoms with Crippen molar-refractivity contribution in [1.82, 2.24) is 28.7 Å². The molecule has 0 radical (unpaired) electrons. The maximum atomic E-state index is 14.0. The lowest BCUT2D eigenvalue weighted by atomic mass is 9.86. The van der Waals surface area contributed by atoms with Gasteiger partial charge in [-0.2, -0.15) is 0 Å². The van der Waals surface area contributed by atoms with E-state index in [4.69, 9.17) is 18.9 Å². The summed E-state index contributed by atoms with van der Waals surface area (Å²) in [6.45, 7) is 18.1. The normalized spacial score (nSPS) is 15.6. The van der Waals surface area contributed by atoms with Gasteiger partial charge in [0.1, 0.15) is 11.5 Å². The van der Waals surface area contributed by atoms with Gasteiger partial charge in [-0.15, -0.1) is 22.7 Å². The molecular formula is C68H80N8O10S2. The average Bonchev–Trinajstić information content (AvgIpc) is 3.87. The number of thiophene rings is 2. The van der Waals surface area contributed by atoms with E-state index in [0.717, 1.165) is 102 Å². The summed E-state index contributed by atoms with van der Waals surface area (Å²) in [6, 6.07) is 35.0. The number of nitrogens with zero attached hydrogens (tertiary/aromatic N) is 8. The summed E-state index contributed by atoms with van der Waals surface area (Å²) >= 11 is 3.56. The molecule has 8 aromatic rings. The summed E-state index contributed by atoms with van der Waals surface area (Å²) in [5.74, 6) is -0.579. The minimum atomic E-state index is -1.15. The lowest BCUT2D eigenvalue weighted by molar-refractivity contribution is -0.159. The van der Waals surface area contributed by atoms with Crippen LogP contribution < -0.4 is 30.4 Å².